The minimum atomic E-state index is -0.331. The third-order valence-electron chi connectivity index (χ3n) is 2.72. The lowest BCUT2D eigenvalue weighted by Crippen LogP contribution is -2.25. The molecular weight excluding hydrogens is 348 g/mol. The van der Waals surface area contributed by atoms with Gasteiger partial charge in [0.2, 0.25) is 0 Å². The van der Waals surface area contributed by atoms with Crippen LogP contribution in [0.2, 0.25) is 0 Å². The van der Waals surface area contributed by atoms with Crippen LogP contribution in [0.1, 0.15) is 16.1 Å². The summed E-state index contributed by atoms with van der Waals surface area (Å²) in [7, 11) is 1.87. The molecule has 1 amide bonds. The molecule has 2 N–H and O–H groups in total. The van der Waals surface area contributed by atoms with Crippen LogP contribution in [-0.4, -0.2) is 31.0 Å². The second-order valence-corrected chi connectivity index (χ2v) is 5.25. The molecule has 0 unspecified atom stereocenters. The summed E-state index contributed by atoms with van der Waals surface area (Å²) in [6.45, 7) is 1.45. The molecule has 1 heterocycles. The molecule has 4 nitrogen and oxygen atoms in total. The standard InChI is InChI=1S/C14H16FN3OS.2ClH/c1-16-7-4-8-17-13(19)12-9-18-14(20-12)10-5-2-3-6-11(10)15;;/h2-3,5-6,9,16H,4,7-8H2,1H3,(H,17,19);2*1H. The Morgan fingerprint density at radius 1 is 1.27 bits per heavy atom. The van der Waals surface area contributed by atoms with Crippen molar-refractivity contribution in [2.24, 2.45) is 0 Å². The highest BCUT2D eigenvalue weighted by Crippen LogP contribution is 2.27. The molecule has 0 spiro atoms. The number of carbonyl (C=O) groups excluding carboxylic acids is 1. The first-order valence-corrected chi connectivity index (χ1v) is 7.17. The molecule has 0 saturated heterocycles. The first-order valence-electron chi connectivity index (χ1n) is 6.36. The fourth-order valence-electron chi connectivity index (χ4n) is 1.69. The lowest BCUT2D eigenvalue weighted by molar-refractivity contribution is 0.0957. The number of amides is 1. The summed E-state index contributed by atoms with van der Waals surface area (Å²) >= 11 is 1.19. The zero-order chi connectivity index (χ0) is 14.4. The van der Waals surface area contributed by atoms with Gasteiger partial charge in [0.15, 0.2) is 0 Å². The summed E-state index contributed by atoms with van der Waals surface area (Å²) in [4.78, 5) is 16.5. The quantitative estimate of drug-likeness (QED) is 0.773. The van der Waals surface area contributed by atoms with Gasteiger partial charge in [0.05, 0.1) is 6.20 Å². The topological polar surface area (TPSA) is 54.0 Å². The van der Waals surface area contributed by atoms with Crippen LogP contribution in [0.25, 0.3) is 10.6 Å². The number of hydrogen-bond acceptors (Lipinski definition) is 4. The van der Waals surface area contributed by atoms with Crippen molar-refractivity contribution in [2.75, 3.05) is 20.1 Å². The van der Waals surface area contributed by atoms with Gasteiger partial charge in [-0.15, -0.1) is 36.2 Å². The van der Waals surface area contributed by atoms with Crippen LogP contribution in [0.15, 0.2) is 30.5 Å². The molecule has 122 valence electrons. The molecule has 1 aromatic carbocycles. The molecule has 0 radical (unpaired) electrons. The van der Waals surface area contributed by atoms with Crippen LogP contribution in [0.5, 0.6) is 0 Å². The highest BCUT2D eigenvalue weighted by Gasteiger charge is 2.13. The normalized spacial score (nSPS) is 9.55. The van der Waals surface area contributed by atoms with E-state index in [2.05, 4.69) is 15.6 Å². The van der Waals surface area contributed by atoms with E-state index in [1.165, 1.54) is 23.6 Å². The van der Waals surface area contributed by atoms with Crippen LogP contribution in [0.3, 0.4) is 0 Å². The maximum absolute atomic E-state index is 13.6. The smallest absolute Gasteiger partial charge is 0.263 e. The van der Waals surface area contributed by atoms with Crippen molar-refractivity contribution in [3.05, 3.63) is 41.2 Å². The van der Waals surface area contributed by atoms with Gasteiger partial charge in [0.1, 0.15) is 15.7 Å². The first-order chi connectivity index (χ1) is 9.72. The summed E-state index contributed by atoms with van der Waals surface area (Å²) in [6, 6.07) is 6.41. The molecule has 2 aromatic rings. The molecular formula is C14H18Cl2FN3OS. The number of thiazole rings is 1. The van der Waals surface area contributed by atoms with E-state index in [-0.39, 0.29) is 36.5 Å². The van der Waals surface area contributed by atoms with E-state index in [0.29, 0.717) is 22.0 Å². The molecule has 0 atom stereocenters. The van der Waals surface area contributed by atoms with Gasteiger partial charge in [-0.2, -0.15) is 0 Å². The minimum absolute atomic E-state index is 0. The fourth-order valence-corrected chi connectivity index (χ4v) is 2.55. The van der Waals surface area contributed by atoms with E-state index < -0.39 is 0 Å². The predicted octanol–water partition coefficient (Wildman–Crippen LogP) is 3.13. The van der Waals surface area contributed by atoms with E-state index >= 15 is 0 Å². The number of hydrogen-bond donors (Lipinski definition) is 2. The van der Waals surface area contributed by atoms with Gasteiger partial charge in [-0.05, 0) is 32.1 Å². The van der Waals surface area contributed by atoms with Gasteiger partial charge in [-0.25, -0.2) is 9.37 Å². The van der Waals surface area contributed by atoms with Gasteiger partial charge >= 0.3 is 0 Å². The lowest BCUT2D eigenvalue weighted by Gasteiger charge is -2.02. The number of carbonyl (C=O) groups is 1. The van der Waals surface area contributed by atoms with E-state index in [9.17, 15) is 9.18 Å². The van der Waals surface area contributed by atoms with Crippen LogP contribution < -0.4 is 10.6 Å². The van der Waals surface area contributed by atoms with E-state index in [0.717, 1.165) is 13.0 Å². The monoisotopic (exact) mass is 365 g/mol. The predicted molar refractivity (Wildman–Crippen MR) is 92.9 cm³/mol. The van der Waals surface area contributed by atoms with Gasteiger partial charge < -0.3 is 10.6 Å². The maximum atomic E-state index is 13.6. The fraction of sp³-hybridized carbons (Fsp3) is 0.286. The van der Waals surface area contributed by atoms with Gasteiger partial charge in [-0.3, -0.25) is 4.79 Å². The van der Waals surface area contributed by atoms with E-state index in [1.54, 1.807) is 18.2 Å². The molecule has 0 aliphatic rings. The summed E-state index contributed by atoms with van der Waals surface area (Å²) in [6.07, 6.45) is 2.35. The SMILES string of the molecule is CNCCCNC(=O)c1cnc(-c2ccccc2F)s1.Cl.Cl. The van der Waals surface area contributed by atoms with Crippen molar-refractivity contribution in [1.29, 1.82) is 0 Å². The summed E-state index contributed by atoms with van der Waals surface area (Å²) in [5.41, 5.74) is 0.423. The van der Waals surface area contributed by atoms with Gasteiger partial charge in [-0.1, -0.05) is 12.1 Å². The third kappa shape index (κ3) is 5.53. The van der Waals surface area contributed by atoms with Crippen molar-refractivity contribution in [3.63, 3.8) is 0 Å². The Hall–Kier alpha value is -1.21. The van der Waals surface area contributed by atoms with Crippen molar-refractivity contribution in [1.82, 2.24) is 15.6 Å². The summed E-state index contributed by atoms with van der Waals surface area (Å²) in [5.74, 6) is -0.496. The molecule has 8 heteroatoms. The molecule has 0 aliphatic carbocycles. The number of halogens is 3. The Bertz CT molecular complexity index is 595. The van der Waals surface area contributed by atoms with Crippen molar-refractivity contribution in [3.8, 4) is 10.6 Å². The lowest BCUT2D eigenvalue weighted by atomic mass is 10.2. The van der Waals surface area contributed by atoms with Crippen LogP contribution >= 0.6 is 36.2 Å². The highest BCUT2D eigenvalue weighted by molar-refractivity contribution is 7.16. The number of benzene rings is 1. The molecule has 0 bridgehead atoms. The average Bonchev–Trinajstić information content (AvgIpc) is 2.93. The van der Waals surface area contributed by atoms with Crippen molar-refractivity contribution < 1.29 is 9.18 Å². The number of rotatable bonds is 6. The number of nitrogens with one attached hydrogen (secondary N) is 2. The Labute approximate surface area is 145 Å². The maximum Gasteiger partial charge on any atom is 0.263 e. The molecule has 2 rings (SSSR count). The second kappa shape index (κ2) is 10.5. The third-order valence-corrected chi connectivity index (χ3v) is 3.75. The van der Waals surface area contributed by atoms with E-state index in [4.69, 9.17) is 0 Å². The number of nitrogens with zero attached hydrogens (tertiary/aromatic N) is 1. The Morgan fingerprint density at radius 3 is 2.68 bits per heavy atom. The largest absolute Gasteiger partial charge is 0.351 e. The second-order valence-electron chi connectivity index (χ2n) is 4.22. The van der Waals surface area contributed by atoms with Crippen LogP contribution in [0.4, 0.5) is 4.39 Å². The average molecular weight is 366 g/mol. The molecule has 1 aromatic heterocycles. The van der Waals surface area contributed by atoms with Gasteiger partial charge in [0, 0.05) is 12.1 Å². The molecule has 0 aliphatic heterocycles. The number of aromatic nitrogens is 1. The van der Waals surface area contributed by atoms with Crippen LogP contribution in [-0.2, 0) is 0 Å². The van der Waals surface area contributed by atoms with E-state index in [1.807, 2.05) is 7.05 Å². The zero-order valence-corrected chi connectivity index (χ0v) is 14.4. The van der Waals surface area contributed by atoms with Gasteiger partial charge in [0.25, 0.3) is 5.91 Å². The van der Waals surface area contributed by atoms with Crippen molar-refractivity contribution in [2.45, 2.75) is 6.42 Å². The summed E-state index contributed by atoms with van der Waals surface area (Å²) in [5, 5.41) is 6.34. The van der Waals surface area contributed by atoms with Crippen LogP contribution in [0, 0.1) is 5.82 Å². The molecule has 22 heavy (non-hydrogen) atoms. The minimum Gasteiger partial charge on any atom is -0.351 e. The highest BCUT2D eigenvalue weighted by atomic mass is 35.5. The Kier molecular flexibility index (Phi) is 9.93. The summed E-state index contributed by atoms with van der Waals surface area (Å²) < 4.78 is 13.6. The Morgan fingerprint density at radius 2 is 2.00 bits per heavy atom. The Balaban J connectivity index is 0.00000220. The van der Waals surface area contributed by atoms with Crippen molar-refractivity contribution >= 4 is 42.1 Å². The molecule has 0 fully saturated rings. The molecule has 0 saturated carbocycles. The first kappa shape index (κ1) is 20.8. The zero-order valence-electron chi connectivity index (χ0n) is 12.0.